The molecule has 0 spiro atoms. The second-order valence-electron chi connectivity index (χ2n) is 10.8. The lowest BCUT2D eigenvalue weighted by Crippen LogP contribution is -2.53. The Balaban J connectivity index is 1.79. The molecule has 45 heavy (non-hydrogen) atoms. The van der Waals surface area contributed by atoms with Gasteiger partial charge in [-0.3, -0.25) is 13.9 Å². The van der Waals surface area contributed by atoms with Gasteiger partial charge in [-0.15, -0.1) is 0 Å². The van der Waals surface area contributed by atoms with Crippen molar-refractivity contribution in [1.82, 2.24) is 10.2 Å². The molecule has 0 heterocycles. The molecule has 4 rings (SSSR count). The smallest absolute Gasteiger partial charge is 0.264 e. The predicted molar refractivity (Wildman–Crippen MR) is 171 cm³/mol. The van der Waals surface area contributed by atoms with Crippen molar-refractivity contribution in [2.75, 3.05) is 17.4 Å². The van der Waals surface area contributed by atoms with Crippen LogP contribution in [0.5, 0.6) is 0 Å². The Bertz CT molecular complexity index is 1680. The number of aryl methyl sites for hydroxylation is 1. The van der Waals surface area contributed by atoms with Gasteiger partial charge in [0.1, 0.15) is 24.2 Å². The summed E-state index contributed by atoms with van der Waals surface area (Å²) in [5.74, 6) is -2.31. The van der Waals surface area contributed by atoms with E-state index in [-0.39, 0.29) is 29.1 Å². The van der Waals surface area contributed by atoms with Gasteiger partial charge in [-0.1, -0.05) is 79.6 Å². The second-order valence-corrected chi connectivity index (χ2v) is 12.6. The number of hydrogen-bond acceptors (Lipinski definition) is 4. The number of carbonyl (C=O) groups excluding carboxylic acids is 2. The van der Waals surface area contributed by atoms with Gasteiger partial charge >= 0.3 is 0 Å². The van der Waals surface area contributed by atoms with E-state index in [1.807, 2.05) is 44.2 Å². The van der Waals surface area contributed by atoms with Gasteiger partial charge in [-0.25, -0.2) is 17.2 Å². The number of hydrogen-bond donors (Lipinski definition) is 1. The molecule has 0 bridgehead atoms. The molecule has 0 saturated heterocycles. The van der Waals surface area contributed by atoms with Gasteiger partial charge in [0.2, 0.25) is 11.8 Å². The van der Waals surface area contributed by atoms with Crippen LogP contribution < -0.4 is 9.62 Å². The zero-order chi connectivity index (χ0) is 32.4. The molecule has 0 aliphatic carbocycles. The van der Waals surface area contributed by atoms with Crippen LogP contribution in [-0.4, -0.2) is 44.3 Å². The highest BCUT2D eigenvalue weighted by molar-refractivity contribution is 7.92. The Kier molecular flexibility index (Phi) is 11.4. The number of nitrogens with zero attached hydrogens (tertiary/aromatic N) is 2. The molecule has 2 amide bonds. The van der Waals surface area contributed by atoms with E-state index >= 15 is 0 Å². The van der Waals surface area contributed by atoms with Crippen LogP contribution >= 0.6 is 0 Å². The van der Waals surface area contributed by atoms with Crippen LogP contribution in [-0.2, 0) is 32.6 Å². The summed E-state index contributed by atoms with van der Waals surface area (Å²) in [6, 6.07) is 24.9. The second kappa shape index (κ2) is 15.4. The van der Waals surface area contributed by atoms with Crippen molar-refractivity contribution in [3.05, 3.63) is 131 Å². The average Bonchev–Trinajstić information content (AvgIpc) is 3.03. The molecule has 1 atom stereocenters. The number of rotatable bonds is 14. The molecule has 0 aliphatic heterocycles. The Labute approximate surface area is 263 Å². The average molecular weight is 634 g/mol. The Morgan fingerprint density at radius 1 is 0.844 bits per heavy atom. The van der Waals surface area contributed by atoms with Crippen molar-refractivity contribution < 1.29 is 26.8 Å². The van der Waals surface area contributed by atoms with E-state index in [4.69, 9.17) is 0 Å². The Morgan fingerprint density at radius 3 is 2.13 bits per heavy atom. The maximum Gasteiger partial charge on any atom is 0.264 e. The number of unbranched alkanes of at least 4 members (excludes halogenated alkanes) is 1. The summed E-state index contributed by atoms with van der Waals surface area (Å²) >= 11 is 0. The molecule has 10 heteroatoms. The highest BCUT2D eigenvalue weighted by atomic mass is 32.2. The van der Waals surface area contributed by atoms with Crippen LogP contribution in [0.1, 0.15) is 36.5 Å². The van der Waals surface area contributed by atoms with Gasteiger partial charge in [-0.2, -0.15) is 0 Å². The Morgan fingerprint density at radius 2 is 1.49 bits per heavy atom. The lowest BCUT2D eigenvalue weighted by molar-refractivity contribution is -0.140. The minimum Gasteiger partial charge on any atom is -0.354 e. The lowest BCUT2D eigenvalue weighted by atomic mass is 10.0. The van der Waals surface area contributed by atoms with Crippen LogP contribution in [0, 0.1) is 18.6 Å². The molecular weight excluding hydrogens is 596 g/mol. The zero-order valence-corrected chi connectivity index (χ0v) is 26.1. The minimum atomic E-state index is -4.37. The summed E-state index contributed by atoms with van der Waals surface area (Å²) in [6.45, 7) is 3.25. The normalized spacial score (nSPS) is 11.9. The van der Waals surface area contributed by atoms with Crippen molar-refractivity contribution in [2.24, 2.45) is 0 Å². The van der Waals surface area contributed by atoms with Gasteiger partial charge in [0.25, 0.3) is 10.0 Å². The fraction of sp³-hybridized carbons (Fsp3) is 0.257. The van der Waals surface area contributed by atoms with Crippen molar-refractivity contribution in [3.8, 4) is 0 Å². The largest absolute Gasteiger partial charge is 0.354 e. The fourth-order valence-electron chi connectivity index (χ4n) is 4.84. The van der Waals surface area contributed by atoms with Crippen molar-refractivity contribution in [3.63, 3.8) is 0 Å². The number of sulfonamides is 1. The van der Waals surface area contributed by atoms with Gasteiger partial charge in [-0.05, 0) is 61.4 Å². The molecule has 236 valence electrons. The third kappa shape index (κ3) is 8.76. The molecule has 0 saturated carbocycles. The third-order valence-corrected chi connectivity index (χ3v) is 9.19. The molecule has 0 radical (unpaired) electrons. The summed E-state index contributed by atoms with van der Waals surface area (Å²) < 4.78 is 57.6. The highest BCUT2D eigenvalue weighted by Crippen LogP contribution is 2.26. The first-order valence-electron chi connectivity index (χ1n) is 14.8. The lowest BCUT2D eigenvalue weighted by Gasteiger charge is -2.34. The van der Waals surface area contributed by atoms with Gasteiger partial charge < -0.3 is 10.2 Å². The fourth-order valence-corrected chi connectivity index (χ4v) is 6.26. The third-order valence-electron chi connectivity index (χ3n) is 7.40. The van der Waals surface area contributed by atoms with Crippen LogP contribution in [0.4, 0.5) is 14.5 Å². The number of halogens is 2. The molecule has 0 aliphatic rings. The standard InChI is InChI=1S/C35H37F2N3O4S/c1-3-4-22-38-35(42)33(23-27-10-6-5-7-11-27)39(24-28-12-8-9-13-32(28)37)34(41)25-40(30-18-14-26(2)15-19-30)45(43,44)31-20-16-29(36)17-21-31/h5-21,33H,3-4,22-25H2,1-2H3,(H,38,42)/t33-/m1/s1. The van der Waals surface area contributed by atoms with Gasteiger partial charge in [0, 0.05) is 25.1 Å². The molecule has 0 fully saturated rings. The van der Waals surface area contributed by atoms with Crippen LogP contribution in [0.3, 0.4) is 0 Å². The molecular formula is C35H37F2N3O4S. The van der Waals surface area contributed by atoms with E-state index in [0.717, 1.165) is 52.5 Å². The predicted octanol–water partition coefficient (Wildman–Crippen LogP) is 6.02. The van der Waals surface area contributed by atoms with E-state index in [2.05, 4.69) is 5.32 Å². The zero-order valence-electron chi connectivity index (χ0n) is 25.3. The van der Waals surface area contributed by atoms with Crippen LogP contribution in [0.15, 0.2) is 108 Å². The summed E-state index contributed by atoms with van der Waals surface area (Å²) in [6.07, 6.45) is 1.69. The quantitative estimate of drug-likeness (QED) is 0.172. The van der Waals surface area contributed by atoms with Crippen LogP contribution in [0.25, 0.3) is 0 Å². The molecule has 4 aromatic rings. The van der Waals surface area contributed by atoms with Gasteiger partial charge in [0.05, 0.1) is 10.6 Å². The number of amides is 2. The monoisotopic (exact) mass is 633 g/mol. The number of anilines is 1. The van der Waals surface area contributed by atoms with Crippen molar-refractivity contribution in [1.29, 1.82) is 0 Å². The maximum absolute atomic E-state index is 15.0. The highest BCUT2D eigenvalue weighted by Gasteiger charge is 2.35. The van der Waals surface area contributed by atoms with E-state index < -0.39 is 46.1 Å². The topological polar surface area (TPSA) is 86.8 Å². The summed E-state index contributed by atoms with van der Waals surface area (Å²) in [5, 5.41) is 2.90. The number of carbonyl (C=O) groups is 2. The first kappa shape index (κ1) is 33.3. The summed E-state index contributed by atoms with van der Waals surface area (Å²) in [5.41, 5.74) is 2.02. The van der Waals surface area contributed by atoms with Crippen LogP contribution in [0.2, 0.25) is 0 Å². The van der Waals surface area contributed by atoms with E-state index in [1.165, 1.54) is 23.1 Å². The number of benzene rings is 4. The molecule has 0 aromatic heterocycles. The van der Waals surface area contributed by atoms with E-state index in [1.54, 1.807) is 30.3 Å². The molecule has 0 unspecified atom stereocenters. The summed E-state index contributed by atoms with van der Waals surface area (Å²) in [4.78, 5) is 29.1. The van der Waals surface area contributed by atoms with E-state index in [9.17, 15) is 26.8 Å². The first-order valence-corrected chi connectivity index (χ1v) is 16.2. The molecule has 7 nitrogen and oxygen atoms in total. The first-order chi connectivity index (χ1) is 21.6. The van der Waals surface area contributed by atoms with Crippen molar-refractivity contribution >= 4 is 27.5 Å². The number of nitrogens with one attached hydrogen (secondary N) is 1. The molecule has 1 N–H and O–H groups in total. The Hall–Kier alpha value is -4.57. The maximum atomic E-state index is 15.0. The molecule has 4 aromatic carbocycles. The van der Waals surface area contributed by atoms with Gasteiger partial charge in [0.15, 0.2) is 0 Å². The van der Waals surface area contributed by atoms with E-state index in [0.29, 0.717) is 6.54 Å². The SMILES string of the molecule is CCCCNC(=O)[C@@H](Cc1ccccc1)N(Cc1ccccc1F)C(=O)CN(c1ccc(C)cc1)S(=O)(=O)c1ccc(F)cc1. The summed E-state index contributed by atoms with van der Waals surface area (Å²) in [7, 11) is -4.37. The van der Waals surface area contributed by atoms with Crippen molar-refractivity contribution in [2.45, 2.75) is 50.6 Å². The minimum absolute atomic E-state index is 0.119.